The van der Waals surface area contributed by atoms with Crippen LogP contribution in [0.5, 0.6) is 0 Å². The summed E-state index contributed by atoms with van der Waals surface area (Å²) in [4.78, 5) is 13.9. The summed E-state index contributed by atoms with van der Waals surface area (Å²) < 4.78 is 0. The third-order valence-corrected chi connectivity index (χ3v) is 4.84. The summed E-state index contributed by atoms with van der Waals surface area (Å²) in [6.45, 7) is 7.85. The number of nitrogens with zero attached hydrogens (tertiary/aromatic N) is 1. The molecule has 2 rings (SSSR count). The first-order valence-corrected chi connectivity index (χ1v) is 7.21. The normalized spacial score (nSPS) is 32.5. The molecule has 98 valence electrons. The fourth-order valence-electron chi connectivity index (χ4n) is 3.81. The lowest BCUT2D eigenvalue weighted by Crippen LogP contribution is -2.47. The highest BCUT2D eigenvalue weighted by Gasteiger charge is 2.42. The lowest BCUT2D eigenvalue weighted by atomic mass is 9.84. The average Bonchev–Trinajstić information content (AvgIpc) is 2.92. The molecule has 0 aromatic rings. The summed E-state index contributed by atoms with van der Waals surface area (Å²) in [7, 11) is 0. The fourth-order valence-corrected chi connectivity index (χ4v) is 3.81. The smallest absolute Gasteiger partial charge is 0.317 e. The molecule has 0 spiro atoms. The number of nitrogens with one attached hydrogen (secondary N) is 1. The van der Waals surface area contributed by atoms with Gasteiger partial charge in [0, 0.05) is 19.1 Å². The van der Waals surface area contributed by atoms with E-state index in [9.17, 15) is 4.79 Å². The van der Waals surface area contributed by atoms with Crippen LogP contribution in [-0.4, -0.2) is 30.1 Å². The second kappa shape index (κ2) is 5.28. The van der Waals surface area contributed by atoms with Gasteiger partial charge in [0.25, 0.3) is 0 Å². The van der Waals surface area contributed by atoms with Gasteiger partial charge in [-0.2, -0.15) is 0 Å². The van der Waals surface area contributed by atoms with E-state index in [1.807, 2.05) is 18.7 Å². The van der Waals surface area contributed by atoms with Crippen molar-refractivity contribution in [2.75, 3.05) is 13.1 Å². The molecular formula is C14H26N2O. The number of urea groups is 1. The molecule has 4 unspecified atom stereocenters. The maximum atomic E-state index is 12.0. The van der Waals surface area contributed by atoms with Crippen LogP contribution in [0.1, 0.15) is 46.5 Å². The predicted octanol–water partition coefficient (Wildman–Crippen LogP) is 2.86. The van der Waals surface area contributed by atoms with Crippen molar-refractivity contribution in [2.24, 2.45) is 17.8 Å². The molecule has 0 radical (unpaired) electrons. The van der Waals surface area contributed by atoms with Crippen molar-refractivity contribution in [3.05, 3.63) is 0 Å². The van der Waals surface area contributed by atoms with E-state index in [0.29, 0.717) is 6.04 Å². The fraction of sp³-hybridized carbons (Fsp3) is 0.929. The van der Waals surface area contributed by atoms with Gasteiger partial charge in [-0.05, 0) is 57.8 Å². The highest BCUT2D eigenvalue weighted by Crippen LogP contribution is 2.49. The van der Waals surface area contributed by atoms with E-state index in [-0.39, 0.29) is 6.03 Å². The van der Waals surface area contributed by atoms with E-state index < -0.39 is 0 Å². The van der Waals surface area contributed by atoms with Crippen molar-refractivity contribution in [1.29, 1.82) is 0 Å². The van der Waals surface area contributed by atoms with Gasteiger partial charge in [-0.25, -0.2) is 4.79 Å². The largest absolute Gasteiger partial charge is 0.335 e. The number of amides is 2. The molecule has 2 aliphatic rings. The zero-order valence-electron chi connectivity index (χ0n) is 11.4. The molecule has 2 fully saturated rings. The summed E-state index contributed by atoms with van der Waals surface area (Å²) in [5.74, 6) is 2.57. The van der Waals surface area contributed by atoms with E-state index in [1.165, 1.54) is 25.7 Å². The van der Waals surface area contributed by atoms with Crippen LogP contribution in [0, 0.1) is 17.8 Å². The minimum absolute atomic E-state index is 0.116. The topological polar surface area (TPSA) is 32.3 Å². The third kappa shape index (κ3) is 2.58. The van der Waals surface area contributed by atoms with Crippen LogP contribution in [0.2, 0.25) is 0 Å². The molecule has 3 heteroatoms. The molecule has 2 saturated carbocycles. The van der Waals surface area contributed by atoms with Crippen LogP contribution in [0.15, 0.2) is 0 Å². The number of carbonyl (C=O) groups excluding carboxylic acids is 1. The first-order chi connectivity index (χ1) is 8.15. The summed E-state index contributed by atoms with van der Waals surface area (Å²) in [5, 5.41) is 3.20. The van der Waals surface area contributed by atoms with Gasteiger partial charge in [0.1, 0.15) is 0 Å². The van der Waals surface area contributed by atoms with E-state index >= 15 is 0 Å². The van der Waals surface area contributed by atoms with Gasteiger partial charge in [0.05, 0.1) is 0 Å². The van der Waals surface area contributed by atoms with Gasteiger partial charge in [-0.3, -0.25) is 0 Å². The maximum Gasteiger partial charge on any atom is 0.317 e. The summed E-state index contributed by atoms with van der Waals surface area (Å²) in [6.07, 6.45) is 5.57. The van der Waals surface area contributed by atoms with Crippen LogP contribution in [0.25, 0.3) is 0 Å². The Bertz CT molecular complexity index is 275. The first kappa shape index (κ1) is 12.7. The monoisotopic (exact) mass is 238 g/mol. The van der Waals surface area contributed by atoms with Crippen molar-refractivity contribution in [2.45, 2.75) is 52.5 Å². The highest BCUT2D eigenvalue weighted by atomic mass is 16.2. The summed E-state index contributed by atoms with van der Waals surface area (Å²) in [6, 6.07) is 0.462. The number of carbonyl (C=O) groups is 1. The Morgan fingerprint density at radius 3 is 2.47 bits per heavy atom. The third-order valence-electron chi connectivity index (χ3n) is 4.84. The Morgan fingerprint density at radius 2 is 2.00 bits per heavy atom. The minimum atomic E-state index is 0.116. The molecule has 3 nitrogen and oxygen atoms in total. The van der Waals surface area contributed by atoms with E-state index in [4.69, 9.17) is 0 Å². The minimum Gasteiger partial charge on any atom is -0.335 e. The molecule has 2 amide bonds. The van der Waals surface area contributed by atoms with Gasteiger partial charge in [0.2, 0.25) is 0 Å². The average molecular weight is 238 g/mol. The van der Waals surface area contributed by atoms with E-state index in [2.05, 4.69) is 12.2 Å². The number of rotatable bonds is 4. The van der Waals surface area contributed by atoms with Crippen molar-refractivity contribution >= 4 is 6.03 Å². The number of fused-ring (bicyclic) bond motifs is 2. The standard InChI is InChI=1S/C14H26N2O/c1-4-16(5-2)14(17)15-10(3)13-9-11-6-7-12(13)8-11/h10-13H,4-9H2,1-3H3,(H,15,17). The van der Waals surface area contributed by atoms with Gasteiger partial charge < -0.3 is 10.2 Å². The molecule has 4 atom stereocenters. The summed E-state index contributed by atoms with van der Waals surface area (Å²) in [5.41, 5.74) is 0. The molecule has 0 heterocycles. The molecule has 0 aromatic carbocycles. The lowest BCUT2D eigenvalue weighted by molar-refractivity contribution is 0.187. The SMILES string of the molecule is CCN(CC)C(=O)NC(C)C1CC2CCC1C2. The molecule has 17 heavy (non-hydrogen) atoms. The van der Waals surface area contributed by atoms with Crippen molar-refractivity contribution in [3.8, 4) is 0 Å². The van der Waals surface area contributed by atoms with Crippen LogP contribution in [0.4, 0.5) is 4.79 Å². The Morgan fingerprint density at radius 1 is 1.29 bits per heavy atom. The van der Waals surface area contributed by atoms with Crippen LogP contribution in [-0.2, 0) is 0 Å². The van der Waals surface area contributed by atoms with Crippen LogP contribution >= 0.6 is 0 Å². The molecule has 0 aliphatic heterocycles. The van der Waals surface area contributed by atoms with E-state index in [1.54, 1.807) is 0 Å². The van der Waals surface area contributed by atoms with Crippen molar-refractivity contribution in [1.82, 2.24) is 10.2 Å². The van der Waals surface area contributed by atoms with Gasteiger partial charge in [-0.15, -0.1) is 0 Å². The Kier molecular flexibility index (Phi) is 3.95. The summed E-state index contributed by atoms with van der Waals surface area (Å²) >= 11 is 0. The molecule has 2 aliphatic carbocycles. The molecule has 1 N–H and O–H groups in total. The van der Waals surface area contributed by atoms with Crippen LogP contribution < -0.4 is 5.32 Å². The second-order valence-electron chi connectivity index (χ2n) is 5.75. The maximum absolute atomic E-state index is 12.0. The van der Waals surface area contributed by atoms with Gasteiger partial charge in [-0.1, -0.05) is 6.42 Å². The Labute approximate surface area is 105 Å². The number of hydrogen-bond donors (Lipinski definition) is 1. The molecule has 0 saturated heterocycles. The second-order valence-corrected chi connectivity index (χ2v) is 5.75. The number of hydrogen-bond acceptors (Lipinski definition) is 1. The first-order valence-electron chi connectivity index (χ1n) is 7.21. The van der Waals surface area contributed by atoms with Crippen molar-refractivity contribution < 1.29 is 4.79 Å². The zero-order valence-corrected chi connectivity index (χ0v) is 11.4. The zero-order chi connectivity index (χ0) is 12.4. The van der Waals surface area contributed by atoms with Crippen molar-refractivity contribution in [3.63, 3.8) is 0 Å². The van der Waals surface area contributed by atoms with Gasteiger partial charge >= 0.3 is 6.03 Å². The quantitative estimate of drug-likeness (QED) is 0.802. The van der Waals surface area contributed by atoms with Crippen LogP contribution in [0.3, 0.4) is 0 Å². The predicted molar refractivity (Wildman–Crippen MR) is 69.9 cm³/mol. The van der Waals surface area contributed by atoms with Gasteiger partial charge in [0.15, 0.2) is 0 Å². The Balaban J connectivity index is 1.84. The highest BCUT2D eigenvalue weighted by molar-refractivity contribution is 5.74. The Hall–Kier alpha value is -0.730. The van der Waals surface area contributed by atoms with E-state index in [0.717, 1.165) is 30.8 Å². The molecule has 2 bridgehead atoms. The molecular weight excluding hydrogens is 212 g/mol. The lowest BCUT2D eigenvalue weighted by Gasteiger charge is -2.30. The molecule has 0 aromatic heterocycles.